The van der Waals surface area contributed by atoms with E-state index in [9.17, 15) is 13.2 Å². The molecule has 0 radical (unpaired) electrons. The lowest BCUT2D eigenvalue weighted by Gasteiger charge is -2.20. The molecule has 3 aromatic rings. The highest BCUT2D eigenvalue weighted by Crippen LogP contribution is 2.38. The van der Waals surface area contributed by atoms with Gasteiger partial charge in [-0.15, -0.1) is 0 Å². The smallest absolute Gasteiger partial charge is 0.253 e. The molecule has 1 atom stereocenters. The van der Waals surface area contributed by atoms with E-state index in [0.29, 0.717) is 16.4 Å². The minimum atomic E-state index is -3.23. The van der Waals surface area contributed by atoms with E-state index >= 15 is 0 Å². The average Bonchev–Trinajstić information content (AvgIpc) is 3.40. The fourth-order valence-electron chi connectivity index (χ4n) is 4.66. The number of fused-ring (bicyclic) bond motifs is 1. The molecule has 6 nitrogen and oxygen atoms in total. The number of rotatable bonds is 7. The van der Waals surface area contributed by atoms with Crippen molar-refractivity contribution in [3.05, 3.63) is 59.4 Å². The van der Waals surface area contributed by atoms with Crippen LogP contribution in [0.15, 0.2) is 47.5 Å². The lowest BCUT2D eigenvalue weighted by atomic mass is 9.85. The van der Waals surface area contributed by atoms with Gasteiger partial charge in [0.2, 0.25) is 0 Å². The van der Waals surface area contributed by atoms with Crippen molar-refractivity contribution in [3.8, 4) is 0 Å². The van der Waals surface area contributed by atoms with Crippen molar-refractivity contribution in [2.45, 2.75) is 62.8 Å². The summed E-state index contributed by atoms with van der Waals surface area (Å²) >= 11 is 0. The minimum absolute atomic E-state index is 0.0608. The molecule has 2 aromatic heterocycles. The maximum absolute atomic E-state index is 12.4. The molecule has 7 heteroatoms. The molecule has 1 fully saturated rings. The lowest BCUT2D eigenvalue weighted by Crippen LogP contribution is -2.30. The third-order valence-corrected chi connectivity index (χ3v) is 7.43. The van der Waals surface area contributed by atoms with Crippen molar-refractivity contribution >= 4 is 26.8 Å². The van der Waals surface area contributed by atoms with E-state index in [0.717, 1.165) is 28.7 Å². The second-order valence-corrected chi connectivity index (χ2v) is 11.3. The van der Waals surface area contributed by atoms with Gasteiger partial charge in [-0.05, 0) is 56.0 Å². The number of nitrogens with zero attached hydrogens (tertiary/aromatic N) is 1. The van der Waals surface area contributed by atoms with Crippen LogP contribution >= 0.6 is 0 Å². The highest BCUT2D eigenvalue weighted by Gasteiger charge is 2.25. The van der Waals surface area contributed by atoms with E-state index in [1.54, 1.807) is 18.3 Å². The molecule has 170 valence electrons. The van der Waals surface area contributed by atoms with Gasteiger partial charge >= 0.3 is 0 Å². The normalized spacial score (nSPS) is 16.0. The summed E-state index contributed by atoms with van der Waals surface area (Å²) in [6.07, 6.45) is 8.85. The summed E-state index contributed by atoms with van der Waals surface area (Å²) in [6, 6.07) is 11.3. The second kappa shape index (κ2) is 9.06. The number of aromatic nitrogens is 2. The largest absolute Gasteiger partial charge is 0.350 e. The zero-order valence-electron chi connectivity index (χ0n) is 18.9. The monoisotopic (exact) mass is 453 g/mol. The molecule has 1 aliphatic rings. The molecule has 1 aliphatic carbocycles. The number of H-pyrrole nitrogens is 1. The molecule has 4 rings (SSSR count). The molecule has 0 bridgehead atoms. The van der Waals surface area contributed by atoms with Crippen LogP contribution in [0, 0.1) is 5.92 Å². The Morgan fingerprint density at radius 1 is 1.16 bits per heavy atom. The van der Waals surface area contributed by atoms with Crippen LogP contribution in [0.2, 0.25) is 0 Å². The van der Waals surface area contributed by atoms with Gasteiger partial charge in [-0.3, -0.25) is 4.79 Å². The van der Waals surface area contributed by atoms with Crippen LogP contribution < -0.4 is 5.32 Å². The molecular formula is C25H31N3O3S. The molecule has 1 unspecified atom stereocenters. The number of carbonyl (C=O) groups excluding carboxylic acids is 1. The van der Waals surface area contributed by atoms with Crippen LogP contribution in [0.25, 0.3) is 11.0 Å². The quantitative estimate of drug-likeness (QED) is 0.537. The van der Waals surface area contributed by atoms with Gasteiger partial charge in [0.1, 0.15) is 5.65 Å². The number of aromatic amines is 1. The van der Waals surface area contributed by atoms with Crippen molar-refractivity contribution in [1.29, 1.82) is 0 Å². The SMILES string of the molecule is CC(C)NC(=O)c1cnc2[nH]c(C(CC3CCCC3)c3ccc(S(C)(=O)=O)cc3)cc2c1. The van der Waals surface area contributed by atoms with Crippen LogP contribution in [0.3, 0.4) is 0 Å². The second-order valence-electron chi connectivity index (χ2n) is 9.29. The fraction of sp³-hybridized carbons (Fsp3) is 0.440. The van der Waals surface area contributed by atoms with Gasteiger partial charge in [0.15, 0.2) is 9.84 Å². The minimum Gasteiger partial charge on any atom is -0.350 e. The third kappa shape index (κ3) is 5.04. The molecular weight excluding hydrogens is 422 g/mol. The number of hydrogen-bond donors (Lipinski definition) is 2. The Hall–Kier alpha value is -2.67. The summed E-state index contributed by atoms with van der Waals surface area (Å²) < 4.78 is 23.8. The number of pyridine rings is 1. The highest BCUT2D eigenvalue weighted by atomic mass is 32.2. The van der Waals surface area contributed by atoms with E-state index < -0.39 is 9.84 Å². The number of hydrogen-bond acceptors (Lipinski definition) is 4. The highest BCUT2D eigenvalue weighted by molar-refractivity contribution is 7.90. The van der Waals surface area contributed by atoms with Gasteiger partial charge in [-0.25, -0.2) is 13.4 Å². The van der Waals surface area contributed by atoms with Crippen molar-refractivity contribution in [1.82, 2.24) is 15.3 Å². The molecule has 1 saturated carbocycles. The van der Waals surface area contributed by atoms with E-state index in [1.165, 1.54) is 31.9 Å². The topological polar surface area (TPSA) is 91.9 Å². The molecule has 1 aromatic carbocycles. The summed E-state index contributed by atoms with van der Waals surface area (Å²) in [7, 11) is -3.23. The van der Waals surface area contributed by atoms with Crippen LogP contribution in [0.4, 0.5) is 0 Å². The van der Waals surface area contributed by atoms with Gasteiger partial charge in [0.05, 0.1) is 10.5 Å². The number of carbonyl (C=O) groups is 1. The van der Waals surface area contributed by atoms with Crippen molar-refractivity contribution in [3.63, 3.8) is 0 Å². The van der Waals surface area contributed by atoms with Crippen molar-refractivity contribution in [2.75, 3.05) is 6.26 Å². The summed E-state index contributed by atoms with van der Waals surface area (Å²) in [5.41, 5.74) is 3.44. The first-order chi connectivity index (χ1) is 15.2. The molecule has 0 saturated heterocycles. The Labute approximate surface area is 189 Å². The summed E-state index contributed by atoms with van der Waals surface area (Å²) in [5, 5.41) is 3.81. The summed E-state index contributed by atoms with van der Waals surface area (Å²) in [4.78, 5) is 20.7. The maximum Gasteiger partial charge on any atom is 0.253 e. The number of sulfone groups is 1. The Morgan fingerprint density at radius 3 is 2.47 bits per heavy atom. The molecule has 0 aliphatic heterocycles. The van der Waals surface area contributed by atoms with Gasteiger partial charge in [0.25, 0.3) is 5.91 Å². The van der Waals surface area contributed by atoms with Gasteiger partial charge < -0.3 is 10.3 Å². The first kappa shape index (κ1) is 22.5. The van der Waals surface area contributed by atoms with E-state index in [2.05, 4.69) is 21.4 Å². The van der Waals surface area contributed by atoms with E-state index in [-0.39, 0.29) is 17.9 Å². The first-order valence-electron chi connectivity index (χ1n) is 11.3. The Morgan fingerprint density at radius 2 is 1.84 bits per heavy atom. The van der Waals surface area contributed by atoms with E-state index in [1.807, 2.05) is 32.0 Å². The summed E-state index contributed by atoms with van der Waals surface area (Å²) in [5.74, 6) is 0.645. The zero-order chi connectivity index (χ0) is 22.9. The first-order valence-corrected chi connectivity index (χ1v) is 13.2. The molecule has 2 heterocycles. The molecule has 0 spiro atoms. The standard InChI is InChI=1S/C25H31N3O3S/c1-16(2)27-25(29)20-13-19-14-23(28-24(19)26-15-20)22(12-17-6-4-5-7-17)18-8-10-21(11-9-18)32(3,30)31/h8-11,13-17,22H,4-7,12H2,1-3H3,(H,26,28)(H,27,29). The van der Waals surface area contributed by atoms with Crippen LogP contribution in [0.5, 0.6) is 0 Å². The van der Waals surface area contributed by atoms with Crippen LogP contribution in [-0.2, 0) is 9.84 Å². The predicted octanol–water partition coefficient (Wildman–Crippen LogP) is 4.82. The fourth-order valence-corrected chi connectivity index (χ4v) is 5.29. The molecule has 32 heavy (non-hydrogen) atoms. The summed E-state index contributed by atoms with van der Waals surface area (Å²) in [6.45, 7) is 3.86. The molecule has 1 amide bonds. The average molecular weight is 454 g/mol. The lowest BCUT2D eigenvalue weighted by molar-refractivity contribution is 0.0943. The van der Waals surface area contributed by atoms with Crippen LogP contribution in [-0.4, -0.2) is 36.6 Å². The van der Waals surface area contributed by atoms with Gasteiger partial charge in [-0.2, -0.15) is 0 Å². The Bertz CT molecular complexity index is 1210. The van der Waals surface area contributed by atoms with Gasteiger partial charge in [-0.1, -0.05) is 37.8 Å². The maximum atomic E-state index is 12.4. The predicted molar refractivity (Wildman–Crippen MR) is 127 cm³/mol. The Kier molecular flexibility index (Phi) is 6.38. The third-order valence-electron chi connectivity index (χ3n) is 6.30. The number of amides is 1. The van der Waals surface area contributed by atoms with Gasteiger partial charge in [0, 0.05) is 35.5 Å². The van der Waals surface area contributed by atoms with Crippen molar-refractivity contribution < 1.29 is 13.2 Å². The zero-order valence-corrected chi connectivity index (χ0v) is 19.7. The van der Waals surface area contributed by atoms with E-state index in [4.69, 9.17) is 0 Å². The Balaban J connectivity index is 1.69. The van der Waals surface area contributed by atoms with Crippen molar-refractivity contribution in [2.24, 2.45) is 5.92 Å². The van der Waals surface area contributed by atoms with Crippen LogP contribution in [0.1, 0.15) is 73.5 Å². The molecule has 2 N–H and O–H groups in total. The number of benzene rings is 1. The number of nitrogens with one attached hydrogen (secondary N) is 2.